The van der Waals surface area contributed by atoms with Crippen LogP contribution < -0.4 is 5.32 Å². The van der Waals surface area contributed by atoms with Gasteiger partial charge in [-0.1, -0.05) is 42.8 Å². The molecule has 0 aliphatic carbocycles. The highest BCUT2D eigenvalue weighted by Crippen LogP contribution is 2.18. The predicted octanol–water partition coefficient (Wildman–Crippen LogP) is 4.35. The van der Waals surface area contributed by atoms with Crippen LogP contribution in [-0.4, -0.2) is 6.54 Å². The Hall–Kier alpha value is -0.790. The van der Waals surface area contributed by atoms with Crippen LogP contribution in [0.2, 0.25) is 5.02 Å². The lowest BCUT2D eigenvalue weighted by Crippen LogP contribution is -2.21. The average Bonchev–Trinajstić information content (AvgIpc) is 2.31. The standard InChI is InChI=1S/C14H20ClN/c1-3-5-6-11-16-14(4-2)12-7-9-13(15)10-8-12/h3,5,7-10,14,16H,4,6,11H2,1-2H3/b5-3+. The number of nitrogens with one attached hydrogen (secondary N) is 1. The maximum Gasteiger partial charge on any atom is 0.0406 e. The third-order valence-corrected chi connectivity index (χ3v) is 2.87. The van der Waals surface area contributed by atoms with E-state index in [9.17, 15) is 0 Å². The highest BCUT2D eigenvalue weighted by atomic mass is 35.5. The topological polar surface area (TPSA) is 12.0 Å². The fourth-order valence-corrected chi connectivity index (χ4v) is 1.83. The average molecular weight is 238 g/mol. The fourth-order valence-electron chi connectivity index (χ4n) is 1.70. The SMILES string of the molecule is C/C=C/CCNC(CC)c1ccc(Cl)cc1. The van der Waals surface area contributed by atoms with Crippen molar-refractivity contribution in [3.05, 3.63) is 47.0 Å². The summed E-state index contributed by atoms with van der Waals surface area (Å²) in [6, 6.07) is 8.53. The molecule has 0 aliphatic rings. The monoisotopic (exact) mass is 237 g/mol. The van der Waals surface area contributed by atoms with Gasteiger partial charge in [0, 0.05) is 11.1 Å². The van der Waals surface area contributed by atoms with Crippen molar-refractivity contribution in [2.45, 2.75) is 32.7 Å². The molecular weight excluding hydrogens is 218 g/mol. The molecule has 0 saturated heterocycles. The van der Waals surface area contributed by atoms with Gasteiger partial charge in [0.05, 0.1) is 0 Å². The van der Waals surface area contributed by atoms with Crippen LogP contribution in [0.25, 0.3) is 0 Å². The zero-order valence-electron chi connectivity index (χ0n) is 10.0. The summed E-state index contributed by atoms with van der Waals surface area (Å²) < 4.78 is 0. The first kappa shape index (κ1) is 13.3. The van der Waals surface area contributed by atoms with Crippen LogP contribution in [0.4, 0.5) is 0 Å². The quantitative estimate of drug-likeness (QED) is 0.573. The van der Waals surface area contributed by atoms with E-state index in [1.165, 1.54) is 5.56 Å². The maximum absolute atomic E-state index is 5.88. The molecule has 0 spiro atoms. The Morgan fingerprint density at radius 3 is 2.56 bits per heavy atom. The summed E-state index contributed by atoms with van der Waals surface area (Å²) in [4.78, 5) is 0. The Morgan fingerprint density at radius 1 is 1.31 bits per heavy atom. The lowest BCUT2D eigenvalue weighted by atomic mass is 10.0. The van der Waals surface area contributed by atoms with Crippen LogP contribution in [0, 0.1) is 0 Å². The smallest absolute Gasteiger partial charge is 0.0406 e. The molecule has 1 aromatic carbocycles. The molecule has 1 nitrogen and oxygen atoms in total. The molecule has 1 aromatic rings. The number of hydrogen-bond donors (Lipinski definition) is 1. The van der Waals surface area contributed by atoms with E-state index in [-0.39, 0.29) is 0 Å². The summed E-state index contributed by atoms with van der Waals surface area (Å²) >= 11 is 5.88. The number of hydrogen-bond acceptors (Lipinski definition) is 1. The van der Waals surface area contributed by atoms with Crippen molar-refractivity contribution >= 4 is 11.6 Å². The molecule has 88 valence electrons. The number of benzene rings is 1. The Bertz CT molecular complexity index is 316. The third kappa shape index (κ3) is 4.38. The molecule has 0 fully saturated rings. The summed E-state index contributed by atoms with van der Waals surface area (Å²) in [7, 11) is 0. The van der Waals surface area contributed by atoms with E-state index in [2.05, 4.69) is 43.4 Å². The Kier molecular flexibility index (Phi) is 6.20. The molecule has 0 radical (unpaired) electrons. The normalized spacial score (nSPS) is 13.2. The molecule has 1 atom stereocenters. The lowest BCUT2D eigenvalue weighted by Gasteiger charge is -2.17. The first-order valence-corrected chi connectivity index (χ1v) is 6.25. The second kappa shape index (κ2) is 7.48. The van der Waals surface area contributed by atoms with Crippen LogP contribution in [0.1, 0.15) is 38.3 Å². The highest BCUT2D eigenvalue weighted by molar-refractivity contribution is 6.30. The van der Waals surface area contributed by atoms with Gasteiger partial charge in [-0.25, -0.2) is 0 Å². The minimum atomic E-state index is 0.433. The number of allylic oxidation sites excluding steroid dienone is 1. The molecular formula is C14H20ClN. The minimum absolute atomic E-state index is 0.433. The van der Waals surface area contributed by atoms with Crippen molar-refractivity contribution in [2.75, 3.05) is 6.54 Å². The van der Waals surface area contributed by atoms with E-state index in [0.29, 0.717) is 6.04 Å². The maximum atomic E-state index is 5.88. The van der Waals surface area contributed by atoms with Gasteiger partial charge in [0.2, 0.25) is 0 Å². The van der Waals surface area contributed by atoms with Crippen molar-refractivity contribution in [1.82, 2.24) is 5.32 Å². The molecule has 1 N–H and O–H groups in total. The Morgan fingerprint density at radius 2 is 2.00 bits per heavy atom. The van der Waals surface area contributed by atoms with Gasteiger partial charge in [-0.3, -0.25) is 0 Å². The van der Waals surface area contributed by atoms with Crippen LogP contribution >= 0.6 is 11.6 Å². The highest BCUT2D eigenvalue weighted by Gasteiger charge is 2.07. The zero-order valence-corrected chi connectivity index (χ0v) is 10.8. The predicted molar refractivity (Wildman–Crippen MR) is 71.9 cm³/mol. The minimum Gasteiger partial charge on any atom is -0.310 e. The number of halogens is 1. The van der Waals surface area contributed by atoms with Crippen molar-refractivity contribution in [1.29, 1.82) is 0 Å². The Labute approximate surface area is 104 Å². The molecule has 1 unspecified atom stereocenters. The van der Waals surface area contributed by atoms with Crippen LogP contribution in [-0.2, 0) is 0 Å². The first-order valence-electron chi connectivity index (χ1n) is 5.88. The summed E-state index contributed by atoms with van der Waals surface area (Å²) in [6.07, 6.45) is 6.45. The molecule has 2 heteroatoms. The van der Waals surface area contributed by atoms with Gasteiger partial charge in [-0.05, 0) is 44.0 Å². The second-order valence-corrected chi connectivity index (χ2v) is 4.26. The van der Waals surface area contributed by atoms with Gasteiger partial charge in [0.15, 0.2) is 0 Å². The molecule has 0 heterocycles. The summed E-state index contributed by atoms with van der Waals surface area (Å²) in [6.45, 7) is 5.27. The van der Waals surface area contributed by atoms with E-state index in [1.807, 2.05) is 12.1 Å². The summed E-state index contributed by atoms with van der Waals surface area (Å²) in [5, 5.41) is 4.34. The molecule has 16 heavy (non-hydrogen) atoms. The molecule has 0 bridgehead atoms. The molecule has 0 saturated carbocycles. The fraction of sp³-hybridized carbons (Fsp3) is 0.429. The third-order valence-electron chi connectivity index (χ3n) is 2.62. The van der Waals surface area contributed by atoms with Crippen LogP contribution in [0.3, 0.4) is 0 Å². The molecule has 1 rings (SSSR count). The Balaban J connectivity index is 2.50. The second-order valence-electron chi connectivity index (χ2n) is 3.82. The lowest BCUT2D eigenvalue weighted by molar-refractivity contribution is 0.525. The van der Waals surface area contributed by atoms with E-state index in [0.717, 1.165) is 24.4 Å². The largest absolute Gasteiger partial charge is 0.310 e. The summed E-state index contributed by atoms with van der Waals surface area (Å²) in [5.41, 5.74) is 1.31. The van der Waals surface area contributed by atoms with Gasteiger partial charge < -0.3 is 5.32 Å². The van der Waals surface area contributed by atoms with Crippen molar-refractivity contribution in [3.8, 4) is 0 Å². The molecule has 0 amide bonds. The van der Waals surface area contributed by atoms with Gasteiger partial charge >= 0.3 is 0 Å². The molecule has 0 aromatic heterocycles. The van der Waals surface area contributed by atoms with Gasteiger partial charge in [0.1, 0.15) is 0 Å². The van der Waals surface area contributed by atoms with Gasteiger partial charge in [0.25, 0.3) is 0 Å². The van der Waals surface area contributed by atoms with E-state index in [1.54, 1.807) is 0 Å². The van der Waals surface area contributed by atoms with Crippen molar-refractivity contribution in [3.63, 3.8) is 0 Å². The van der Waals surface area contributed by atoms with E-state index >= 15 is 0 Å². The first-order chi connectivity index (χ1) is 7.77. The van der Waals surface area contributed by atoms with Gasteiger partial charge in [-0.2, -0.15) is 0 Å². The van der Waals surface area contributed by atoms with E-state index < -0.39 is 0 Å². The summed E-state index contributed by atoms with van der Waals surface area (Å²) in [5.74, 6) is 0. The zero-order chi connectivity index (χ0) is 11.8. The molecule has 0 aliphatic heterocycles. The van der Waals surface area contributed by atoms with E-state index in [4.69, 9.17) is 11.6 Å². The van der Waals surface area contributed by atoms with Gasteiger partial charge in [-0.15, -0.1) is 0 Å². The van der Waals surface area contributed by atoms with Crippen LogP contribution in [0.15, 0.2) is 36.4 Å². The van der Waals surface area contributed by atoms with Crippen molar-refractivity contribution < 1.29 is 0 Å². The number of rotatable bonds is 6. The van der Waals surface area contributed by atoms with Crippen LogP contribution in [0.5, 0.6) is 0 Å². The van der Waals surface area contributed by atoms with Crippen molar-refractivity contribution in [2.24, 2.45) is 0 Å².